The summed E-state index contributed by atoms with van der Waals surface area (Å²) in [6, 6.07) is 10.3. The Bertz CT molecular complexity index is 3480. The number of hydroxylamine groups is 4. The number of carboxylic acids is 2. The summed E-state index contributed by atoms with van der Waals surface area (Å²) in [4.78, 5) is 98.2. The van der Waals surface area contributed by atoms with Crippen molar-refractivity contribution in [3.8, 4) is 33.8 Å². The van der Waals surface area contributed by atoms with Crippen molar-refractivity contribution in [2.24, 2.45) is 35.9 Å². The van der Waals surface area contributed by atoms with Crippen LogP contribution in [0.4, 0.5) is 10.3 Å². The highest BCUT2D eigenvalue weighted by Gasteiger charge is 2.61. The highest BCUT2D eigenvalue weighted by molar-refractivity contribution is 7.81. The molecule has 2 fully saturated rings. The molecule has 4 amide bonds. The lowest BCUT2D eigenvalue weighted by molar-refractivity contribution is -0.753. The fourth-order valence-electron chi connectivity index (χ4n) is 8.85. The van der Waals surface area contributed by atoms with E-state index in [1.54, 1.807) is 48.5 Å². The highest BCUT2D eigenvalue weighted by Crippen LogP contribution is 2.37. The van der Waals surface area contributed by atoms with E-state index in [1.807, 2.05) is 57.6 Å². The van der Waals surface area contributed by atoms with Gasteiger partial charge in [-0.3, -0.25) is 19.2 Å². The molecule has 2 unspecified atom stereocenters. The van der Waals surface area contributed by atoms with Crippen LogP contribution >= 0.6 is 22.7 Å². The molecule has 87 heavy (non-hydrogen) atoms. The quantitative estimate of drug-likeness (QED) is 0.0123. The summed E-state index contributed by atoms with van der Waals surface area (Å²) in [5.74, 6) is -6.85. The van der Waals surface area contributed by atoms with Crippen molar-refractivity contribution in [3.63, 3.8) is 0 Å². The smallest absolute Gasteiger partial charge is 0.442 e. The Morgan fingerprint density at radius 2 is 1.02 bits per heavy atom. The Hall–Kier alpha value is -9.13. The summed E-state index contributed by atoms with van der Waals surface area (Å²) in [5, 5.41) is 36.0. The third kappa shape index (κ3) is 14.8. The molecule has 2 aliphatic heterocycles. The molecule has 32 nitrogen and oxygen atoms in total. The van der Waals surface area contributed by atoms with Crippen LogP contribution in [0, 0.1) is 0 Å². The first-order chi connectivity index (χ1) is 41.2. The molecule has 464 valence electrons. The molecule has 0 aliphatic carbocycles. The number of carboxylic acid groups (broad SMARTS) is 2. The van der Waals surface area contributed by atoms with E-state index in [1.165, 1.54) is 38.5 Å². The Morgan fingerprint density at radius 3 is 1.33 bits per heavy atom. The van der Waals surface area contributed by atoms with E-state index >= 15 is 0 Å². The molecule has 0 radical (unpaired) electrons. The number of β-lactam (4-membered cyclic amide) rings is 2. The van der Waals surface area contributed by atoms with E-state index in [9.17, 15) is 47.4 Å². The summed E-state index contributed by atoms with van der Waals surface area (Å²) in [7, 11) is -1.55. The van der Waals surface area contributed by atoms with E-state index in [2.05, 4.69) is 30.9 Å². The number of aromatic nitrogens is 6. The predicted octanol–water partition coefficient (Wildman–Crippen LogP) is -0.427. The molecular formula is C52H64N16O16S3+2. The number of nitrogen functional groups attached to an aromatic ring is 2. The van der Waals surface area contributed by atoms with Gasteiger partial charge < -0.3 is 62.9 Å². The number of aliphatic carboxylic acids is 2. The lowest BCUT2D eigenvalue weighted by atomic mass is 9.84. The second-order valence-corrected chi connectivity index (χ2v) is 23.6. The number of nitrogens with one attached hydrogen (secondary N) is 2. The number of rotatable bonds is 30. The molecule has 6 aromatic rings. The molecule has 4 atom stereocenters. The van der Waals surface area contributed by atoms with Crippen LogP contribution in [0.3, 0.4) is 0 Å². The second kappa shape index (κ2) is 26.6. The molecule has 0 bridgehead atoms. The lowest BCUT2D eigenvalue weighted by Gasteiger charge is -2.52. The van der Waals surface area contributed by atoms with Crippen LogP contribution in [0.25, 0.3) is 22.3 Å². The number of amides is 4. The van der Waals surface area contributed by atoms with Gasteiger partial charge in [0, 0.05) is 10.8 Å². The van der Waals surface area contributed by atoms with Crippen LogP contribution < -0.4 is 52.4 Å². The normalized spacial score (nSPS) is 17.2. The summed E-state index contributed by atoms with van der Waals surface area (Å²) in [6.07, 6.45) is 6.10. The first-order valence-electron chi connectivity index (χ1n) is 26.5. The third-order valence-electron chi connectivity index (χ3n) is 13.7. The number of benzene rings is 2. The van der Waals surface area contributed by atoms with Crippen LogP contribution in [0.15, 0.2) is 94.4 Å². The van der Waals surface area contributed by atoms with E-state index in [-0.39, 0.29) is 33.1 Å². The van der Waals surface area contributed by atoms with Crippen molar-refractivity contribution < 1.29 is 84.5 Å². The van der Waals surface area contributed by atoms with Gasteiger partial charge in [-0.05, 0) is 89.0 Å². The maximum absolute atomic E-state index is 13.8. The summed E-state index contributed by atoms with van der Waals surface area (Å²) >= 11 is 1.86. The molecule has 0 saturated carbocycles. The molecule has 2 saturated heterocycles. The first kappa shape index (κ1) is 63.9. The van der Waals surface area contributed by atoms with Gasteiger partial charge in [-0.2, -0.15) is 27.9 Å². The van der Waals surface area contributed by atoms with Gasteiger partial charge in [0.25, 0.3) is 23.6 Å². The highest BCUT2D eigenvalue weighted by atomic mass is 32.3. The average molecular weight is 1270 g/mol. The van der Waals surface area contributed by atoms with Crippen molar-refractivity contribution >= 4 is 90.3 Å². The number of nitrogens with zero attached hydrogens (tertiary/aromatic N) is 10. The Balaban J connectivity index is 0.855. The number of hydrogen-bond acceptors (Lipinski definition) is 24. The van der Waals surface area contributed by atoms with Crippen LogP contribution in [0.2, 0.25) is 0 Å². The van der Waals surface area contributed by atoms with Crippen molar-refractivity contribution in [1.82, 2.24) is 40.1 Å². The minimum Gasteiger partial charge on any atom is -0.478 e. The Labute approximate surface area is 504 Å². The van der Waals surface area contributed by atoms with Crippen molar-refractivity contribution in [3.05, 3.63) is 95.5 Å². The zero-order valence-corrected chi connectivity index (χ0v) is 50.1. The van der Waals surface area contributed by atoms with Crippen molar-refractivity contribution in [1.29, 1.82) is 0 Å². The van der Waals surface area contributed by atoms with Gasteiger partial charge >= 0.3 is 22.3 Å². The molecule has 12 N–H and O–H groups in total. The monoisotopic (exact) mass is 1260 g/mol. The number of oxime groups is 2. The Morgan fingerprint density at radius 1 is 0.655 bits per heavy atom. The minimum atomic E-state index is -5.34. The van der Waals surface area contributed by atoms with Crippen molar-refractivity contribution in [2.75, 3.05) is 37.8 Å². The topological polar surface area (TPSA) is 435 Å². The fraction of sp³-hybridized carbons (Fsp3) is 0.385. The lowest BCUT2D eigenvalue weighted by Crippen LogP contribution is -2.78. The van der Waals surface area contributed by atoms with E-state index in [4.69, 9.17) is 50.7 Å². The largest absolute Gasteiger partial charge is 0.478 e. The Kier molecular flexibility index (Phi) is 19.6. The number of carbonyl (C=O) groups excluding carboxylic acids is 4. The summed E-state index contributed by atoms with van der Waals surface area (Å²) in [6.45, 7) is 6.40. The van der Waals surface area contributed by atoms with Gasteiger partial charge in [0.05, 0.1) is 47.7 Å². The number of thiazole rings is 2. The number of ether oxygens (including phenoxy) is 2. The molecular weight excluding hydrogens is 1200 g/mol. The van der Waals surface area contributed by atoms with Gasteiger partial charge in [0.2, 0.25) is 24.6 Å². The zero-order chi connectivity index (χ0) is 63.1. The molecule has 6 heterocycles. The van der Waals surface area contributed by atoms with Crippen LogP contribution in [-0.2, 0) is 84.6 Å². The second-order valence-electron chi connectivity index (χ2n) is 20.7. The number of hydrogen-bond donors (Lipinski definition) is 8. The molecule has 2 aromatic carbocycles. The number of nitrogens with two attached hydrogens (primary N) is 4. The van der Waals surface area contributed by atoms with Crippen molar-refractivity contribution in [2.45, 2.75) is 89.0 Å². The van der Waals surface area contributed by atoms with Gasteiger partial charge in [-0.1, -0.05) is 34.6 Å². The number of aryl methyl sites for hydroxylation is 4. The maximum Gasteiger partial charge on any atom is 0.442 e. The maximum atomic E-state index is 13.8. The van der Waals surface area contributed by atoms with Crippen LogP contribution in [-0.4, -0.2) is 157 Å². The average Bonchev–Trinajstić information content (AvgIpc) is 1.23. The molecule has 4 aromatic heterocycles. The molecule has 0 spiro atoms. The molecule has 2 aliphatic rings. The standard InChI is InChI=1S/C52H62N16O16S3/c1-51(2)41(59-43(69)39(35-27-85-49(55)57-35)61-79-25-37(47(73)74)81-33-13-9-29(10-14-33)31-21-63(5)65(23-31)19-7-17-53)45(71)67(51)83-87(77,78)84-68-46(72)42(52(68,3)4)60-44(70)40(36-28-86-50(56)58-36)62-80-26-38(48(75)76)82-34-15-11-30(12-16-34)32-22-64(6)66(24-32)20-8-18-54/h9-16,21-24,27-28,37-38,41-42H,7-8,17-20,25-26,53-54H2,1-6H3,(H6-2,55,56,57,58,59,60,69,70,73,74,75,76)/p+2/b61-39+,62-40+/t37?,38?,41-,42-/m1/s1. The SMILES string of the molecule is C[n+]1cc(-c2ccc(OC(CO/N=C(/C(=O)N[C@@H]3C(=O)N(OS(=O)(=O)ON4C(=O)[C@@H](NC(=O)/C(=N/OCC(Oc5ccc(-c6cn(CCCN)[n+](C)c6)cc5)C(=O)O)c5csc(N)n5)C4(C)C)C3(C)C)c3csc(N)n3)C(=O)O)cc2)cn1CCCN. The van der Waals surface area contributed by atoms with Gasteiger partial charge in [-0.25, -0.2) is 19.6 Å². The first-order valence-corrected chi connectivity index (χ1v) is 29.6. The predicted molar refractivity (Wildman–Crippen MR) is 308 cm³/mol. The number of carbonyl (C=O) groups is 6. The summed E-state index contributed by atoms with van der Waals surface area (Å²) < 4.78 is 56.1. The van der Waals surface area contributed by atoms with Crippen LogP contribution in [0.1, 0.15) is 51.9 Å². The van der Waals surface area contributed by atoms with Gasteiger partial charge in [0.1, 0.15) is 35.0 Å². The molecule has 8 rings (SSSR count). The third-order valence-corrected chi connectivity index (χ3v) is 15.7. The van der Waals surface area contributed by atoms with Gasteiger partial charge in [0.15, 0.2) is 49.0 Å². The van der Waals surface area contributed by atoms with E-state index in [0.717, 1.165) is 70.9 Å². The fourth-order valence-corrected chi connectivity index (χ4v) is 10.9. The summed E-state index contributed by atoms with van der Waals surface area (Å²) in [5.41, 5.74) is 21.8. The number of anilines is 2. The molecule has 35 heteroatoms. The van der Waals surface area contributed by atoms with E-state index < -0.39 is 106 Å². The van der Waals surface area contributed by atoms with Crippen LogP contribution in [0.5, 0.6) is 11.5 Å². The zero-order valence-electron chi connectivity index (χ0n) is 47.7. The van der Waals surface area contributed by atoms with E-state index in [0.29, 0.717) is 23.2 Å². The minimum absolute atomic E-state index is 0.0131. The van der Waals surface area contributed by atoms with Gasteiger partial charge in [-0.15, -0.1) is 40.6 Å².